The van der Waals surface area contributed by atoms with Crippen molar-refractivity contribution in [2.45, 2.75) is 107 Å². The quantitative estimate of drug-likeness (QED) is 0.0942. The zero-order valence-electron chi connectivity index (χ0n) is 31.3. The van der Waals surface area contributed by atoms with E-state index in [2.05, 4.69) is 0 Å². The largest absolute Gasteiger partial charge is 0.463 e. The average molecular weight is 884 g/mol. The van der Waals surface area contributed by atoms with E-state index in [0.717, 1.165) is 41.5 Å². The fourth-order valence-electron chi connectivity index (χ4n) is 6.18. The van der Waals surface area contributed by atoms with Crippen molar-refractivity contribution in [1.29, 1.82) is 0 Å². The molecule has 1 aromatic rings. The van der Waals surface area contributed by atoms with Crippen LogP contribution in [-0.4, -0.2) is 137 Å². The number of nitrogens with one attached hydrogen (secondary N) is 1. The molecule has 58 heavy (non-hydrogen) atoms. The van der Waals surface area contributed by atoms with Gasteiger partial charge in [-0.2, -0.15) is 0 Å². The number of ether oxygens (including phenoxy) is 9. The van der Waals surface area contributed by atoms with Crippen LogP contribution in [0.2, 0.25) is 0 Å². The monoisotopic (exact) mass is 882 g/mol. The zero-order chi connectivity index (χ0) is 43.2. The maximum absolute atomic E-state index is 14.1. The smallest absolute Gasteiger partial charge is 0.303 e. The van der Waals surface area contributed by atoms with Crippen LogP contribution in [0.4, 0.5) is 0 Å². The first-order valence-electron chi connectivity index (χ1n) is 17.0. The first kappa shape index (κ1) is 46.1. The van der Waals surface area contributed by atoms with Crippen LogP contribution < -0.4 is 5.48 Å². The summed E-state index contributed by atoms with van der Waals surface area (Å²) in [5.74, 6) is -8.96. The lowest BCUT2D eigenvalue weighted by Crippen LogP contribution is -2.70. The fourth-order valence-corrected chi connectivity index (χ4v) is 6.30. The van der Waals surface area contributed by atoms with E-state index in [1.54, 1.807) is 0 Å². The number of amides is 3. The Morgan fingerprint density at radius 2 is 1.03 bits per heavy atom. The van der Waals surface area contributed by atoms with E-state index in [0.29, 0.717) is 4.90 Å². The Bertz CT molecular complexity index is 1770. The molecule has 0 aliphatic carbocycles. The van der Waals surface area contributed by atoms with Crippen LogP contribution in [0.15, 0.2) is 24.3 Å². The third kappa shape index (κ3) is 11.3. The number of hydrogen-bond donors (Lipinski definition) is 1. The minimum Gasteiger partial charge on any atom is -0.463 e. The van der Waals surface area contributed by atoms with Gasteiger partial charge in [-0.25, -0.2) is 10.3 Å². The molecule has 1 N–H and O–H groups in total. The van der Waals surface area contributed by atoms with Crippen LogP contribution in [0.5, 0.6) is 0 Å². The lowest BCUT2D eigenvalue weighted by molar-refractivity contribution is -0.365. The maximum Gasteiger partial charge on any atom is 0.303 e. The van der Waals surface area contributed by atoms with Gasteiger partial charge in [0.1, 0.15) is 31.5 Å². The van der Waals surface area contributed by atoms with Gasteiger partial charge >= 0.3 is 35.8 Å². The van der Waals surface area contributed by atoms with Crippen LogP contribution in [0, 0.1) is 0 Å². The topological polar surface area (TPSA) is 261 Å². The highest BCUT2D eigenvalue weighted by atomic mass is 35.6. The van der Waals surface area contributed by atoms with Crippen molar-refractivity contribution in [3.8, 4) is 0 Å². The fraction of sp³-hybridized carbons (Fsp3) is 0.559. The third-order valence-corrected chi connectivity index (χ3v) is 8.77. The van der Waals surface area contributed by atoms with E-state index in [1.807, 2.05) is 5.48 Å². The number of halogens is 3. The molecule has 0 bridgehead atoms. The van der Waals surface area contributed by atoms with Crippen LogP contribution >= 0.6 is 34.8 Å². The summed E-state index contributed by atoms with van der Waals surface area (Å²) in [5, 5.41) is 0. The molecule has 0 spiro atoms. The standard InChI is InChI=1S/C34H37Cl3N2O19/c1-13(40)49-11-21-24(51-15(3)42)26(53-17(5)44)23(39-29(46)19-9-7-8-10-20(19)30(39)47)31(55-21)57-28-27(54-18(6)45)25(52-16(4)43)22(12-50-14(2)41)56-32(28)58-38-33(48)34(35,36)37/h7-10,21-28,31-32H,11-12H2,1-6H3,(H,38,48)/t21-,22-,23-,24-,25-,26-,27+,28+,31+,32-/m1/s1. The van der Waals surface area contributed by atoms with Gasteiger partial charge in [0.2, 0.25) is 6.29 Å². The van der Waals surface area contributed by atoms with E-state index in [4.69, 9.17) is 82.3 Å². The van der Waals surface area contributed by atoms with Gasteiger partial charge in [0.15, 0.2) is 36.8 Å². The molecule has 318 valence electrons. The molecule has 3 aliphatic rings. The van der Waals surface area contributed by atoms with E-state index in [-0.39, 0.29) is 11.1 Å². The number of nitrogens with zero attached hydrogens (tertiary/aromatic N) is 1. The summed E-state index contributed by atoms with van der Waals surface area (Å²) in [6.07, 6.45) is -16.5. The minimum absolute atomic E-state index is 0.100. The van der Waals surface area contributed by atoms with E-state index in [9.17, 15) is 43.2 Å². The Hall–Kier alpha value is -4.64. The number of hydrogen-bond acceptors (Lipinski definition) is 19. The predicted molar refractivity (Wildman–Crippen MR) is 188 cm³/mol. The molecule has 1 aromatic carbocycles. The van der Waals surface area contributed by atoms with Crippen molar-refractivity contribution in [1.82, 2.24) is 10.4 Å². The van der Waals surface area contributed by atoms with Gasteiger partial charge in [0, 0.05) is 41.5 Å². The molecule has 10 atom stereocenters. The number of alkyl halides is 3. The molecule has 2 fully saturated rings. The third-order valence-electron chi connectivity index (χ3n) is 8.26. The molecule has 3 aliphatic heterocycles. The number of carbonyl (C=O) groups is 9. The predicted octanol–water partition coefficient (Wildman–Crippen LogP) is 0.757. The molecule has 0 unspecified atom stereocenters. The maximum atomic E-state index is 14.1. The molecule has 21 nitrogen and oxygen atoms in total. The first-order valence-corrected chi connectivity index (χ1v) is 18.2. The Labute approximate surface area is 343 Å². The highest BCUT2D eigenvalue weighted by Crippen LogP contribution is 2.39. The Morgan fingerprint density at radius 1 is 0.621 bits per heavy atom. The minimum atomic E-state index is -2.63. The molecule has 2 saturated heterocycles. The number of rotatable bonds is 13. The van der Waals surface area contributed by atoms with Crippen molar-refractivity contribution in [2.24, 2.45) is 0 Å². The lowest BCUT2D eigenvalue weighted by Gasteiger charge is -2.50. The van der Waals surface area contributed by atoms with Crippen molar-refractivity contribution >= 4 is 88.3 Å². The van der Waals surface area contributed by atoms with Crippen LogP contribution in [-0.2, 0) is 81.0 Å². The van der Waals surface area contributed by atoms with E-state index in [1.165, 1.54) is 24.3 Å². The Balaban J connectivity index is 1.94. The van der Waals surface area contributed by atoms with Crippen molar-refractivity contribution in [3.05, 3.63) is 35.4 Å². The van der Waals surface area contributed by atoms with Crippen molar-refractivity contribution in [3.63, 3.8) is 0 Å². The highest BCUT2D eigenvalue weighted by Gasteiger charge is 2.60. The normalized spacial score (nSPS) is 28.1. The lowest BCUT2D eigenvalue weighted by atomic mass is 9.94. The first-order chi connectivity index (χ1) is 27.1. The Morgan fingerprint density at radius 3 is 1.47 bits per heavy atom. The molecular formula is C34H37Cl3N2O19. The van der Waals surface area contributed by atoms with Gasteiger partial charge in [0.25, 0.3) is 21.5 Å². The molecule has 0 radical (unpaired) electrons. The summed E-state index contributed by atoms with van der Waals surface area (Å²) in [6.45, 7) is 4.58. The van der Waals surface area contributed by atoms with Gasteiger partial charge in [-0.3, -0.25) is 48.1 Å². The second-order valence-corrected chi connectivity index (χ2v) is 14.9. The average Bonchev–Trinajstić information content (AvgIpc) is 3.36. The summed E-state index contributed by atoms with van der Waals surface area (Å²) in [5.41, 5.74) is 1.63. The van der Waals surface area contributed by atoms with E-state index < -0.39 is 132 Å². The van der Waals surface area contributed by atoms with E-state index >= 15 is 0 Å². The molecule has 3 heterocycles. The number of hydroxylamine groups is 1. The van der Waals surface area contributed by atoms with Gasteiger partial charge in [0.05, 0.1) is 11.1 Å². The Kier molecular flexibility index (Phi) is 15.4. The highest BCUT2D eigenvalue weighted by molar-refractivity contribution is 6.76. The number of fused-ring (bicyclic) bond motifs is 1. The summed E-state index contributed by atoms with van der Waals surface area (Å²) < 4.78 is 48.2. The summed E-state index contributed by atoms with van der Waals surface area (Å²) in [4.78, 5) is 121. The number of carbonyl (C=O) groups excluding carboxylic acids is 9. The number of esters is 6. The molecule has 24 heteroatoms. The van der Waals surface area contributed by atoms with Gasteiger partial charge in [-0.15, -0.1) is 0 Å². The number of imide groups is 1. The van der Waals surface area contributed by atoms with Crippen LogP contribution in [0.3, 0.4) is 0 Å². The molecule has 4 rings (SSSR count). The SMILES string of the molecule is CC(=O)OC[C@H]1O[C@H](ONC(=O)C(Cl)(Cl)Cl)[C@@H](O[C@@H]2O[C@H](COC(C)=O)[C@@H](OC(C)=O)[C@H](OC(C)=O)[C@H]2N2C(=O)c3ccccc3C2=O)[C@@H](OC(C)=O)[C@@H]1OC(C)=O. The van der Waals surface area contributed by atoms with Gasteiger partial charge < -0.3 is 42.6 Å². The van der Waals surface area contributed by atoms with Gasteiger partial charge in [-0.05, 0) is 12.1 Å². The zero-order valence-corrected chi connectivity index (χ0v) is 33.6. The van der Waals surface area contributed by atoms with Crippen molar-refractivity contribution < 1.29 is 90.6 Å². The second kappa shape index (κ2) is 19.4. The van der Waals surface area contributed by atoms with Crippen molar-refractivity contribution in [2.75, 3.05) is 13.2 Å². The molecular weight excluding hydrogens is 847 g/mol. The second-order valence-electron chi connectivity index (χ2n) is 12.7. The van der Waals surface area contributed by atoms with Crippen LogP contribution in [0.25, 0.3) is 0 Å². The molecule has 3 amide bonds. The number of benzene rings is 1. The van der Waals surface area contributed by atoms with Gasteiger partial charge in [-0.1, -0.05) is 46.9 Å². The summed E-state index contributed by atoms with van der Waals surface area (Å²) in [7, 11) is 0. The summed E-state index contributed by atoms with van der Waals surface area (Å²) in [6, 6.07) is 3.68. The molecule has 0 saturated carbocycles. The molecule has 0 aromatic heterocycles. The summed E-state index contributed by atoms with van der Waals surface area (Å²) >= 11 is 17.1. The van der Waals surface area contributed by atoms with Crippen LogP contribution in [0.1, 0.15) is 62.3 Å².